The molecule has 0 saturated heterocycles. The highest BCUT2D eigenvalue weighted by Gasteiger charge is 2.58. The number of hydrogen-bond acceptors (Lipinski definition) is 5. The fourth-order valence-corrected chi connectivity index (χ4v) is 2.69. The van der Waals surface area contributed by atoms with Crippen LogP contribution in [0.2, 0.25) is 0 Å². The largest absolute Gasteiger partial charge is 0.508 e. The molecule has 23 heavy (non-hydrogen) atoms. The molecular formula is C18H14O5. The first-order valence-corrected chi connectivity index (χ1v) is 7.01. The molecule has 1 aliphatic rings. The molecule has 3 N–H and O–H groups in total. The van der Waals surface area contributed by atoms with Crippen LogP contribution in [-0.4, -0.2) is 38.6 Å². The topological polar surface area (TPSA) is 94.8 Å². The Bertz CT molecular complexity index is 795. The zero-order valence-corrected chi connectivity index (χ0v) is 12.0. The minimum Gasteiger partial charge on any atom is -0.508 e. The van der Waals surface area contributed by atoms with E-state index >= 15 is 0 Å². The first-order chi connectivity index (χ1) is 11.0. The average Bonchev–Trinajstić information content (AvgIpc) is 2.77. The molecule has 1 aliphatic carbocycles. The molecule has 0 radical (unpaired) electrons. The van der Waals surface area contributed by atoms with Crippen LogP contribution in [-0.2, 0) is 4.79 Å². The van der Waals surface area contributed by atoms with Gasteiger partial charge >= 0.3 is 0 Å². The smallest absolute Gasteiger partial charge is 0.218 e. The maximum atomic E-state index is 12.6. The number of carbonyl (C=O) groups excluding carboxylic acids is 2. The van der Waals surface area contributed by atoms with Crippen molar-refractivity contribution in [3.63, 3.8) is 0 Å². The molecule has 5 nitrogen and oxygen atoms in total. The molecular weight excluding hydrogens is 296 g/mol. The van der Waals surface area contributed by atoms with Gasteiger partial charge in [-0.25, -0.2) is 0 Å². The van der Waals surface area contributed by atoms with Crippen molar-refractivity contribution in [1.82, 2.24) is 0 Å². The van der Waals surface area contributed by atoms with Gasteiger partial charge in [-0.15, -0.1) is 0 Å². The first kappa shape index (κ1) is 15.1. The van der Waals surface area contributed by atoms with Crippen LogP contribution >= 0.6 is 0 Å². The Balaban J connectivity index is 2.14. The van der Waals surface area contributed by atoms with E-state index in [1.165, 1.54) is 12.1 Å². The molecule has 0 aliphatic heterocycles. The van der Waals surface area contributed by atoms with E-state index in [0.29, 0.717) is 5.56 Å². The summed E-state index contributed by atoms with van der Waals surface area (Å²) < 4.78 is 0. The zero-order valence-electron chi connectivity index (χ0n) is 12.0. The molecule has 0 saturated carbocycles. The van der Waals surface area contributed by atoms with Crippen molar-refractivity contribution < 1.29 is 24.9 Å². The lowest BCUT2D eigenvalue weighted by atomic mass is 9.89. The molecule has 0 spiro atoms. The summed E-state index contributed by atoms with van der Waals surface area (Å²) in [6, 6.07) is 15.8. The summed E-state index contributed by atoms with van der Waals surface area (Å²) in [6.07, 6.45) is -2.05. The van der Waals surface area contributed by atoms with Crippen molar-refractivity contribution >= 4 is 17.1 Å². The molecule has 0 bridgehead atoms. The van der Waals surface area contributed by atoms with Crippen molar-refractivity contribution in [2.75, 3.05) is 0 Å². The van der Waals surface area contributed by atoms with Crippen molar-refractivity contribution in [2.45, 2.75) is 11.7 Å². The molecule has 0 amide bonds. The highest BCUT2D eigenvalue weighted by Crippen LogP contribution is 2.39. The summed E-state index contributed by atoms with van der Waals surface area (Å²) in [7, 11) is 0. The van der Waals surface area contributed by atoms with Crippen molar-refractivity contribution in [3.05, 3.63) is 77.5 Å². The second-order valence-electron chi connectivity index (χ2n) is 5.32. The second kappa shape index (κ2) is 5.46. The molecule has 2 aromatic rings. The highest BCUT2D eigenvalue weighted by atomic mass is 16.4. The van der Waals surface area contributed by atoms with E-state index < -0.39 is 29.0 Å². The monoisotopic (exact) mass is 310 g/mol. The van der Waals surface area contributed by atoms with E-state index in [-0.39, 0.29) is 11.1 Å². The molecule has 0 heterocycles. The van der Waals surface area contributed by atoms with Gasteiger partial charge in [0, 0.05) is 5.56 Å². The van der Waals surface area contributed by atoms with Gasteiger partial charge in [0.1, 0.15) is 5.76 Å². The van der Waals surface area contributed by atoms with Gasteiger partial charge in [0.05, 0.1) is 5.57 Å². The lowest BCUT2D eigenvalue weighted by Crippen LogP contribution is -2.50. The molecule has 116 valence electrons. The number of hydrogen-bond donors (Lipinski definition) is 3. The predicted molar refractivity (Wildman–Crippen MR) is 82.7 cm³/mol. The van der Waals surface area contributed by atoms with Gasteiger partial charge < -0.3 is 15.3 Å². The molecule has 5 heteroatoms. The molecule has 2 atom stereocenters. The third kappa shape index (κ3) is 2.18. The normalized spacial score (nSPS) is 24.1. The minimum atomic E-state index is -2.68. The molecule has 2 unspecified atom stereocenters. The van der Waals surface area contributed by atoms with Crippen LogP contribution in [0.15, 0.2) is 66.4 Å². The van der Waals surface area contributed by atoms with E-state index in [1.54, 1.807) is 48.5 Å². The minimum absolute atomic E-state index is 0.0858. The third-order valence-corrected chi connectivity index (χ3v) is 3.93. The molecule has 2 aromatic carbocycles. The summed E-state index contributed by atoms with van der Waals surface area (Å²) >= 11 is 0. The Morgan fingerprint density at radius 1 is 0.957 bits per heavy atom. The van der Waals surface area contributed by atoms with Gasteiger partial charge in [-0.2, -0.15) is 0 Å². The van der Waals surface area contributed by atoms with E-state index in [1.807, 2.05) is 0 Å². The second-order valence-corrected chi connectivity index (χ2v) is 5.32. The Labute approximate surface area is 132 Å². The van der Waals surface area contributed by atoms with Gasteiger partial charge in [0.25, 0.3) is 0 Å². The maximum absolute atomic E-state index is 12.6. The van der Waals surface area contributed by atoms with Crippen molar-refractivity contribution in [1.29, 1.82) is 0 Å². The average molecular weight is 310 g/mol. The fourth-order valence-electron chi connectivity index (χ4n) is 2.69. The van der Waals surface area contributed by atoms with E-state index in [9.17, 15) is 24.9 Å². The summed E-state index contributed by atoms with van der Waals surface area (Å²) in [6.45, 7) is 0. The highest BCUT2D eigenvalue weighted by molar-refractivity contribution is 6.30. The van der Waals surface area contributed by atoms with Crippen LogP contribution in [0.3, 0.4) is 0 Å². The Kier molecular flexibility index (Phi) is 3.60. The number of aliphatic hydroxyl groups excluding tert-OH is 2. The predicted octanol–water partition coefficient (Wildman–Crippen LogP) is 1.51. The van der Waals surface area contributed by atoms with E-state index in [0.717, 1.165) is 0 Å². The van der Waals surface area contributed by atoms with E-state index in [2.05, 4.69) is 0 Å². The van der Waals surface area contributed by atoms with Crippen LogP contribution in [0, 0.1) is 0 Å². The number of ketones is 2. The van der Waals surface area contributed by atoms with Crippen molar-refractivity contribution in [2.24, 2.45) is 0 Å². The number of rotatable bonds is 3. The lowest BCUT2D eigenvalue weighted by molar-refractivity contribution is -0.128. The zero-order chi connectivity index (χ0) is 16.6. The van der Waals surface area contributed by atoms with Crippen LogP contribution in [0.25, 0.3) is 5.57 Å². The van der Waals surface area contributed by atoms with Gasteiger partial charge in [0.2, 0.25) is 11.4 Å². The quantitative estimate of drug-likeness (QED) is 0.747. The molecule has 3 rings (SSSR count). The number of carbonyl (C=O) groups is 2. The van der Waals surface area contributed by atoms with Gasteiger partial charge in [-0.05, 0) is 5.56 Å². The Hall–Kier alpha value is -2.76. The van der Waals surface area contributed by atoms with Crippen LogP contribution in [0.1, 0.15) is 15.9 Å². The number of benzene rings is 2. The third-order valence-electron chi connectivity index (χ3n) is 3.93. The molecule has 0 aromatic heterocycles. The van der Waals surface area contributed by atoms with E-state index in [4.69, 9.17) is 0 Å². The van der Waals surface area contributed by atoms with Crippen LogP contribution in [0.5, 0.6) is 0 Å². The summed E-state index contributed by atoms with van der Waals surface area (Å²) in [5.74, 6) is -2.64. The van der Waals surface area contributed by atoms with Crippen molar-refractivity contribution in [3.8, 4) is 0 Å². The van der Waals surface area contributed by atoms with Gasteiger partial charge in [0.15, 0.2) is 11.9 Å². The van der Waals surface area contributed by atoms with Crippen LogP contribution in [0.4, 0.5) is 0 Å². The molecule has 0 fully saturated rings. The fraction of sp³-hybridized carbons (Fsp3) is 0.111. The van der Waals surface area contributed by atoms with Gasteiger partial charge in [-0.1, -0.05) is 60.7 Å². The maximum Gasteiger partial charge on any atom is 0.218 e. The number of Topliss-reactive ketones (excluding diaryl/α,β-unsaturated/α-hetero) is 2. The summed E-state index contributed by atoms with van der Waals surface area (Å²) in [4.78, 5) is 24.8. The SMILES string of the molecule is O=C1C(c2ccccc2)=C(O)C(O)(C(=O)c2ccccc2)C1O. The Morgan fingerprint density at radius 2 is 1.48 bits per heavy atom. The summed E-state index contributed by atoms with van der Waals surface area (Å²) in [5.41, 5.74) is -2.51. The number of aliphatic hydroxyl groups is 3. The van der Waals surface area contributed by atoms with Crippen LogP contribution < -0.4 is 0 Å². The lowest BCUT2D eigenvalue weighted by Gasteiger charge is -2.24. The first-order valence-electron chi connectivity index (χ1n) is 7.01. The Morgan fingerprint density at radius 3 is 2.04 bits per heavy atom. The summed E-state index contributed by atoms with van der Waals surface area (Å²) in [5, 5.41) is 31.1. The standard InChI is InChI=1S/C18H14O5/c19-14-13(11-7-3-1-4-8-11)16(21)18(23,17(14)22)15(20)12-9-5-2-6-10-12/h1-10,17,21-23H. The van der Waals surface area contributed by atoms with Gasteiger partial charge in [-0.3, -0.25) is 9.59 Å².